The van der Waals surface area contributed by atoms with Crippen LogP contribution in [-0.4, -0.2) is 16.1 Å². The molecule has 2 aromatic carbocycles. The van der Waals surface area contributed by atoms with E-state index < -0.39 is 0 Å². The summed E-state index contributed by atoms with van der Waals surface area (Å²) in [5, 5.41) is 3.38. The van der Waals surface area contributed by atoms with E-state index in [-0.39, 0.29) is 5.91 Å². The van der Waals surface area contributed by atoms with Crippen LogP contribution in [0.2, 0.25) is 0 Å². The molecule has 2 heterocycles. The Bertz CT molecular complexity index is 1020. The summed E-state index contributed by atoms with van der Waals surface area (Å²) in [6.45, 7) is 0.487. The average Bonchev–Trinajstić information content (AvgIpc) is 3.07. The van der Waals surface area contributed by atoms with Crippen molar-refractivity contribution in [3.05, 3.63) is 95.2 Å². The molecule has 1 aliphatic rings. The third-order valence-electron chi connectivity index (χ3n) is 3.97. The van der Waals surface area contributed by atoms with Crippen molar-refractivity contribution in [1.29, 1.82) is 0 Å². The van der Waals surface area contributed by atoms with Gasteiger partial charge >= 0.3 is 0 Å². The number of nitrogens with one attached hydrogen (secondary N) is 1. The highest BCUT2D eigenvalue weighted by Crippen LogP contribution is 2.28. The van der Waals surface area contributed by atoms with E-state index in [1.54, 1.807) is 12.4 Å². The average molecular weight is 387 g/mol. The van der Waals surface area contributed by atoms with Crippen LogP contribution in [0.3, 0.4) is 0 Å². The van der Waals surface area contributed by atoms with Crippen LogP contribution in [0.1, 0.15) is 11.1 Å². The smallest absolute Gasteiger partial charge is 0.264 e. The molecule has 0 aliphatic carbocycles. The summed E-state index contributed by atoms with van der Waals surface area (Å²) in [7, 11) is 0. The number of rotatable bonds is 5. The van der Waals surface area contributed by atoms with Crippen molar-refractivity contribution in [3.63, 3.8) is 0 Å². The van der Waals surface area contributed by atoms with E-state index in [2.05, 4.69) is 15.3 Å². The molecule has 1 aliphatic heterocycles. The molecule has 0 saturated carbocycles. The number of hydrogen-bond donors (Lipinski definition) is 1. The highest BCUT2D eigenvalue weighted by atomic mass is 32.2. The predicted molar refractivity (Wildman–Crippen MR) is 112 cm³/mol. The van der Waals surface area contributed by atoms with Gasteiger partial charge in [0.15, 0.2) is 5.17 Å². The van der Waals surface area contributed by atoms with E-state index in [0.29, 0.717) is 16.7 Å². The van der Waals surface area contributed by atoms with Gasteiger partial charge in [0.25, 0.3) is 5.91 Å². The molecule has 1 amide bonds. The topological polar surface area (TPSA) is 63.6 Å². The van der Waals surface area contributed by atoms with E-state index in [1.807, 2.05) is 72.8 Å². The Balaban J connectivity index is 1.41. The molecule has 0 bridgehead atoms. The van der Waals surface area contributed by atoms with Crippen molar-refractivity contribution in [2.45, 2.75) is 6.61 Å². The minimum Gasteiger partial charge on any atom is -0.489 e. The maximum Gasteiger partial charge on any atom is 0.264 e. The van der Waals surface area contributed by atoms with Gasteiger partial charge < -0.3 is 10.1 Å². The lowest BCUT2D eigenvalue weighted by Crippen LogP contribution is -2.19. The number of hydrogen-bond acceptors (Lipinski definition) is 5. The minimum absolute atomic E-state index is 0.141. The number of nitrogens with zero attached hydrogens (tertiary/aromatic N) is 2. The molecule has 1 N–H and O–H groups in total. The Morgan fingerprint density at radius 3 is 2.50 bits per heavy atom. The first-order valence-electron chi connectivity index (χ1n) is 8.73. The van der Waals surface area contributed by atoms with Crippen molar-refractivity contribution in [3.8, 4) is 5.75 Å². The molecule has 6 heteroatoms. The quantitative estimate of drug-likeness (QED) is 0.652. The van der Waals surface area contributed by atoms with Gasteiger partial charge in [-0.15, -0.1) is 0 Å². The molecule has 0 atom stereocenters. The van der Waals surface area contributed by atoms with Gasteiger partial charge in [-0.25, -0.2) is 4.99 Å². The fraction of sp³-hybridized carbons (Fsp3) is 0.0455. The summed E-state index contributed by atoms with van der Waals surface area (Å²) >= 11 is 1.33. The molecule has 4 rings (SSSR count). The van der Waals surface area contributed by atoms with Crippen molar-refractivity contribution in [1.82, 2.24) is 10.3 Å². The molecule has 0 radical (unpaired) electrons. The van der Waals surface area contributed by atoms with Crippen LogP contribution in [-0.2, 0) is 11.4 Å². The van der Waals surface area contributed by atoms with Gasteiger partial charge in [0.2, 0.25) is 0 Å². The van der Waals surface area contributed by atoms with E-state index in [0.717, 1.165) is 22.6 Å². The first kappa shape index (κ1) is 18.0. The third kappa shape index (κ3) is 4.66. The van der Waals surface area contributed by atoms with Gasteiger partial charge in [-0.2, -0.15) is 0 Å². The molecule has 1 saturated heterocycles. The molecule has 0 spiro atoms. The number of pyridine rings is 1. The fourth-order valence-electron chi connectivity index (χ4n) is 2.56. The fourth-order valence-corrected chi connectivity index (χ4v) is 3.40. The van der Waals surface area contributed by atoms with Gasteiger partial charge in [0.05, 0.1) is 10.6 Å². The second-order valence-corrected chi connectivity index (χ2v) is 7.06. The Morgan fingerprint density at radius 1 is 1.00 bits per heavy atom. The highest BCUT2D eigenvalue weighted by Gasteiger charge is 2.23. The summed E-state index contributed by atoms with van der Waals surface area (Å²) in [5.74, 6) is 0.631. The van der Waals surface area contributed by atoms with Crippen LogP contribution in [0, 0.1) is 0 Å². The Morgan fingerprint density at radius 2 is 1.75 bits per heavy atom. The first-order chi connectivity index (χ1) is 13.8. The predicted octanol–water partition coefficient (Wildman–Crippen LogP) is 4.55. The Hall–Kier alpha value is -3.38. The Labute approximate surface area is 167 Å². The molecule has 1 aromatic heterocycles. The molecular formula is C22H17N3O2S. The second kappa shape index (κ2) is 8.54. The van der Waals surface area contributed by atoms with Crippen molar-refractivity contribution >= 4 is 34.6 Å². The van der Waals surface area contributed by atoms with Gasteiger partial charge in [0.1, 0.15) is 12.4 Å². The lowest BCUT2D eigenvalue weighted by molar-refractivity contribution is -0.115. The van der Waals surface area contributed by atoms with E-state index >= 15 is 0 Å². The summed E-state index contributed by atoms with van der Waals surface area (Å²) < 4.78 is 5.77. The maximum absolute atomic E-state index is 12.2. The van der Waals surface area contributed by atoms with Crippen LogP contribution < -0.4 is 10.1 Å². The zero-order chi connectivity index (χ0) is 19.2. The SMILES string of the molecule is O=C1NC(=Nc2ccccc2)S/C1=C/c1ccc(OCc2ccncc2)cc1. The maximum atomic E-state index is 12.2. The van der Waals surface area contributed by atoms with Gasteiger partial charge in [-0.1, -0.05) is 30.3 Å². The van der Waals surface area contributed by atoms with Crippen LogP contribution in [0.4, 0.5) is 5.69 Å². The number of aliphatic imine (C=N–C) groups is 1. The molecule has 1 fully saturated rings. The van der Waals surface area contributed by atoms with Crippen LogP contribution in [0.15, 0.2) is 89.0 Å². The van der Waals surface area contributed by atoms with Gasteiger partial charge in [-0.3, -0.25) is 9.78 Å². The second-order valence-electron chi connectivity index (χ2n) is 6.03. The molecular weight excluding hydrogens is 370 g/mol. The van der Waals surface area contributed by atoms with Crippen LogP contribution in [0.5, 0.6) is 5.75 Å². The molecule has 0 unspecified atom stereocenters. The number of amides is 1. The first-order valence-corrected chi connectivity index (χ1v) is 9.54. The highest BCUT2D eigenvalue weighted by molar-refractivity contribution is 8.18. The zero-order valence-electron chi connectivity index (χ0n) is 14.9. The van der Waals surface area contributed by atoms with Crippen molar-refractivity contribution in [2.24, 2.45) is 4.99 Å². The van der Waals surface area contributed by atoms with Gasteiger partial charge in [-0.05, 0) is 65.4 Å². The lowest BCUT2D eigenvalue weighted by Gasteiger charge is -2.06. The Kier molecular flexibility index (Phi) is 5.49. The summed E-state index contributed by atoms with van der Waals surface area (Å²) in [6, 6.07) is 21.0. The van der Waals surface area contributed by atoms with Crippen molar-refractivity contribution < 1.29 is 9.53 Å². The number of aromatic nitrogens is 1. The van der Waals surface area contributed by atoms with Crippen LogP contribution in [0.25, 0.3) is 6.08 Å². The van der Waals surface area contributed by atoms with Crippen LogP contribution >= 0.6 is 11.8 Å². The number of ether oxygens (including phenoxy) is 1. The molecule has 138 valence electrons. The monoisotopic (exact) mass is 387 g/mol. The normalized spacial score (nSPS) is 16.4. The minimum atomic E-state index is -0.141. The standard InChI is InChI=1S/C22H17N3O2S/c26-21-20(28-22(25-21)24-18-4-2-1-3-5-18)14-16-6-8-19(9-7-16)27-15-17-10-12-23-13-11-17/h1-14H,15H2,(H,24,25,26)/b20-14+. The summed E-state index contributed by atoms with van der Waals surface area (Å²) in [6.07, 6.45) is 5.33. The number of benzene rings is 2. The lowest BCUT2D eigenvalue weighted by atomic mass is 10.2. The van der Waals surface area contributed by atoms with E-state index in [4.69, 9.17) is 4.74 Å². The van der Waals surface area contributed by atoms with Crippen molar-refractivity contribution in [2.75, 3.05) is 0 Å². The third-order valence-corrected chi connectivity index (χ3v) is 4.88. The molecule has 28 heavy (non-hydrogen) atoms. The number of thioether (sulfide) groups is 1. The van der Waals surface area contributed by atoms with E-state index in [9.17, 15) is 4.79 Å². The summed E-state index contributed by atoms with van der Waals surface area (Å²) in [5.41, 5.74) is 2.79. The van der Waals surface area contributed by atoms with Gasteiger partial charge in [0, 0.05) is 12.4 Å². The van der Waals surface area contributed by atoms with E-state index in [1.165, 1.54) is 11.8 Å². The number of carbonyl (C=O) groups is 1. The zero-order valence-corrected chi connectivity index (χ0v) is 15.7. The number of amidine groups is 1. The molecule has 5 nitrogen and oxygen atoms in total. The summed E-state index contributed by atoms with van der Waals surface area (Å²) in [4.78, 5) is 21.2. The number of para-hydroxylation sites is 1. The number of carbonyl (C=O) groups excluding carboxylic acids is 1. The molecule has 3 aromatic rings. The largest absolute Gasteiger partial charge is 0.489 e.